The fourth-order valence-corrected chi connectivity index (χ4v) is 1.94. The van der Waals surface area contributed by atoms with Crippen molar-refractivity contribution in [2.45, 2.75) is 33.7 Å². The van der Waals surface area contributed by atoms with Crippen LogP contribution in [0, 0.1) is 5.92 Å². The van der Waals surface area contributed by atoms with Crippen LogP contribution in [0.15, 0.2) is 12.1 Å². The van der Waals surface area contributed by atoms with E-state index in [-0.39, 0.29) is 11.9 Å². The van der Waals surface area contributed by atoms with Crippen molar-refractivity contribution in [2.24, 2.45) is 5.92 Å². The number of hydrogen-bond acceptors (Lipinski definition) is 3. The summed E-state index contributed by atoms with van der Waals surface area (Å²) in [5, 5.41) is 3.39. The molecule has 0 aliphatic heterocycles. The molecule has 0 radical (unpaired) electrons. The fraction of sp³-hybridized carbons (Fsp3) is 0.571. The molecule has 0 saturated carbocycles. The van der Waals surface area contributed by atoms with Gasteiger partial charge in [-0.25, -0.2) is 4.98 Å². The predicted octanol–water partition coefficient (Wildman–Crippen LogP) is 3.28. The van der Waals surface area contributed by atoms with Crippen molar-refractivity contribution in [1.82, 2.24) is 9.88 Å². The molecule has 1 unspecified atom stereocenters. The van der Waals surface area contributed by atoms with Crippen molar-refractivity contribution in [2.75, 3.05) is 18.9 Å². The van der Waals surface area contributed by atoms with E-state index < -0.39 is 0 Å². The molecule has 1 amide bonds. The van der Waals surface area contributed by atoms with Crippen LogP contribution in [0.1, 0.15) is 38.1 Å². The Morgan fingerprint density at radius 1 is 1.42 bits per heavy atom. The van der Waals surface area contributed by atoms with Gasteiger partial charge in [0, 0.05) is 25.2 Å². The number of anilines is 1. The lowest BCUT2D eigenvalue weighted by Crippen LogP contribution is -2.38. The van der Waals surface area contributed by atoms with Gasteiger partial charge in [0.1, 0.15) is 11.0 Å². The van der Waals surface area contributed by atoms with E-state index in [1.54, 1.807) is 17.0 Å². The monoisotopic (exact) mass is 283 g/mol. The van der Waals surface area contributed by atoms with Crippen LogP contribution in [0.25, 0.3) is 0 Å². The summed E-state index contributed by atoms with van der Waals surface area (Å²) in [4.78, 5) is 18.3. The highest BCUT2D eigenvalue weighted by molar-refractivity contribution is 6.29. The van der Waals surface area contributed by atoms with Crippen LogP contribution >= 0.6 is 11.6 Å². The van der Waals surface area contributed by atoms with Crippen LogP contribution in [-0.2, 0) is 0 Å². The van der Waals surface area contributed by atoms with Gasteiger partial charge >= 0.3 is 0 Å². The van der Waals surface area contributed by atoms with E-state index in [0.717, 1.165) is 6.54 Å². The lowest BCUT2D eigenvalue weighted by Gasteiger charge is -2.28. The van der Waals surface area contributed by atoms with Gasteiger partial charge in [0.2, 0.25) is 0 Å². The zero-order valence-electron chi connectivity index (χ0n) is 12.2. The van der Waals surface area contributed by atoms with Crippen LogP contribution in [0.2, 0.25) is 5.15 Å². The summed E-state index contributed by atoms with van der Waals surface area (Å²) in [5.41, 5.74) is 0.561. The van der Waals surface area contributed by atoms with Crippen LogP contribution in [0.3, 0.4) is 0 Å². The molecular weight excluding hydrogens is 262 g/mol. The quantitative estimate of drug-likeness (QED) is 0.844. The van der Waals surface area contributed by atoms with Gasteiger partial charge in [0.15, 0.2) is 0 Å². The molecule has 106 valence electrons. The predicted molar refractivity (Wildman–Crippen MR) is 79.8 cm³/mol. The number of nitrogens with one attached hydrogen (secondary N) is 1. The van der Waals surface area contributed by atoms with Gasteiger partial charge in [0.05, 0.1) is 0 Å². The van der Waals surface area contributed by atoms with Crippen LogP contribution < -0.4 is 5.32 Å². The van der Waals surface area contributed by atoms with Gasteiger partial charge < -0.3 is 10.2 Å². The average molecular weight is 284 g/mol. The van der Waals surface area contributed by atoms with Crippen molar-refractivity contribution in [1.29, 1.82) is 0 Å². The number of aromatic nitrogens is 1. The number of nitrogens with zero attached hydrogens (tertiary/aromatic N) is 2. The van der Waals surface area contributed by atoms with Gasteiger partial charge in [-0.15, -0.1) is 0 Å². The van der Waals surface area contributed by atoms with Gasteiger partial charge in [-0.05, 0) is 31.9 Å². The Bertz CT molecular complexity index is 448. The number of hydrogen-bond donors (Lipinski definition) is 1. The minimum absolute atomic E-state index is 0.0374. The third-order valence-electron chi connectivity index (χ3n) is 3.29. The normalized spacial score (nSPS) is 12.4. The van der Waals surface area contributed by atoms with Crippen molar-refractivity contribution in [3.63, 3.8) is 0 Å². The maximum atomic E-state index is 12.4. The minimum atomic E-state index is -0.0374. The Kier molecular flexibility index (Phi) is 5.60. The van der Waals surface area contributed by atoms with Crippen molar-refractivity contribution < 1.29 is 4.79 Å². The summed E-state index contributed by atoms with van der Waals surface area (Å²) in [7, 11) is 1.81. The van der Waals surface area contributed by atoms with Crippen molar-refractivity contribution >= 4 is 23.3 Å². The van der Waals surface area contributed by atoms with Crippen molar-refractivity contribution in [3.8, 4) is 0 Å². The van der Waals surface area contributed by atoms with E-state index in [0.29, 0.717) is 22.5 Å². The smallest absolute Gasteiger partial charge is 0.254 e. The van der Waals surface area contributed by atoms with E-state index in [4.69, 9.17) is 11.6 Å². The molecule has 0 fully saturated rings. The summed E-state index contributed by atoms with van der Waals surface area (Å²) in [5.74, 6) is 0.994. The Morgan fingerprint density at radius 3 is 2.58 bits per heavy atom. The van der Waals surface area contributed by atoms with Gasteiger partial charge in [-0.1, -0.05) is 25.4 Å². The first-order chi connectivity index (χ1) is 8.86. The topological polar surface area (TPSA) is 45.2 Å². The molecule has 0 aromatic carbocycles. The summed E-state index contributed by atoms with van der Waals surface area (Å²) < 4.78 is 0. The molecular formula is C14H22ClN3O. The third-order valence-corrected chi connectivity index (χ3v) is 3.49. The highest BCUT2D eigenvalue weighted by atomic mass is 35.5. The molecule has 1 rings (SSSR count). The zero-order valence-corrected chi connectivity index (χ0v) is 13.0. The Balaban J connectivity index is 2.99. The molecule has 0 aliphatic carbocycles. The molecule has 0 spiro atoms. The maximum Gasteiger partial charge on any atom is 0.254 e. The molecule has 5 heteroatoms. The first kappa shape index (κ1) is 15.8. The van der Waals surface area contributed by atoms with Gasteiger partial charge in [-0.3, -0.25) is 4.79 Å². The molecule has 0 aliphatic rings. The SMILES string of the molecule is CCNc1cc(C(=O)N(C)C(C)C(C)C)cc(Cl)n1. The standard InChI is InChI=1S/C14H22ClN3O/c1-6-16-13-8-11(7-12(15)17-13)14(19)18(5)10(4)9(2)3/h7-10H,6H2,1-5H3,(H,16,17). The summed E-state index contributed by atoms with van der Waals surface area (Å²) >= 11 is 5.95. The third kappa shape index (κ3) is 4.10. The molecule has 0 saturated heterocycles. The number of pyridine rings is 1. The summed E-state index contributed by atoms with van der Waals surface area (Å²) in [6.45, 7) is 8.93. The largest absolute Gasteiger partial charge is 0.370 e. The number of carbonyl (C=O) groups is 1. The van der Waals surface area contributed by atoms with Crippen LogP contribution in [-0.4, -0.2) is 35.4 Å². The Labute approximate surface area is 120 Å². The molecule has 0 bridgehead atoms. The van der Waals surface area contributed by atoms with Gasteiger partial charge in [0.25, 0.3) is 5.91 Å². The molecule has 1 aromatic rings. The molecule has 4 nitrogen and oxygen atoms in total. The number of carbonyl (C=O) groups excluding carboxylic acids is 1. The lowest BCUT2D eigenvalue weighted by atomic mass is 10.0. The lowest BCUT2D eigenvalue weighted by molar-refractivity contribution is 0.0707. The first-order valence-electron chi connectivity index (χ1n) is 6.55. The number of amides is 1. The molecule has 19 heavy (non-hydrogen) atoms. The second-order valence-electron chi connectivity index (χ2n) is 4.99. The summed E-state index contributed by atoms with van der Waals surface area (Å²) in [6, 6.07) is 3.51. The highest BCUT2D eigenvalue weighted by Gasteiger charge is 2.20. The van der Waals surface area contributed by atoms with Crippen LogP contribution in [0.4, 0.5) is 5.82 Å². The van der Waals surface area contributed by atoms with E-state index in [1.165, 1.54) is 0 Å². The minimum Gasteiger partial charge on any atom is -0.370 e. The molecule has 1 atom stereocenters. The maximum absolute atomic E-state index is 12.4. The molecule has 1 aromatic heterocycles. The fourth-order valence-electron chi connectivity index (χ4n) is 1.73. The molecule has 1 N–H and O–H groups in total. The number of halogens is 1. The number of rotatable bonds is 5. The zero-order chi connectivity index (χ0) is 14.6. The highest BCUT2D eigenvalue weighted by Crippen LogP contribution is 2.18. The first-order valence-corrected chi connectivity index (χ1v) is 6.93. The average Bonchev–Trinajstić information content (AvgIpc) is 2.35. The van der Waals surface area contributed by atoms with Crippen molar-refractivity contribution in [3.05, 3.63) is 22.8 Å². The van der Waals surface area contributed by atoms with E-state index in [2.05, 4.69) is 24.1 Å². The van der Waals surface area contributed by atoms with E-state index in [9.17, 15) is 4.79 Å². The summed E-state index contributed by atoms with van der Waals surface area (Å²) in [6.07, 6.45) is 0. The van der Waals surface area contributed by atoms with Crippen LogP contribution in [0.5, 0.6) is 0 Å². The van der Waals surface area contributed by atoms with E-state index >= 15 is 0 Å². The second-order valence-corrected chi connectivity index (χ2v) is 5.38. The molecule has 1 heterocycles. The van der Waals surface area contributed by atoms with E-state index in [1.807, 2.05) is 20.9 Å². The Hall–Kier alpha value is -1.29. The Morgan fingerprint density at radius 2 is 2.05 bits per heavy atom. The second kappa shape index (κ2) is 6.75. The van der Waals surface area contributed by atoms with Gasteiger partial charge in [-0.2, -0.15) is 0 Å².